The third kappa shape index (κ3) is 3.01. The van der Waals surface area contributed by atoms with Gasteiger partial charge < -0.3 is 9.67 Å². The van der Waals surface area contributed by atoms with Crippen molar-refractivity contribution in [1.29, 1.82) is 0 Å². The first-order chi connectivity index (χ1) is 9.22. The minimum atomic E-state index is -4.56. The number of halogens is 3. The van der Waals surface area contributed by atoms with Crippen LogP contribution < -0.4 is 0 Å². The number of rotatable bonds is 3. The fraction of sp³-hybridized carbons (Fsp3) is 0.714. The molecule has 20 heavy (non-hydrogen) atoms. The van der Waals surface area contributed by atoms with Crippen LogP contribution >= 0.6 is 0 Å². The summed E-state index contributed by atoms with van der Waals surface area (Å²) in [5, 5.41) is 9.72. The van der Waals surface area contributed by atoms with E-state index in [4.69, 9.17) is 0 Å². The molecule has 0 amide bonds. The average Bonchev–Trinajstić information content (AvgIpc) is 2.74. The quantitative estimate of drug-likeness (QED) is 0.926. The first kappa shape index (κ1) is 15.4. The van der Waals surface area contributed by atoms with Gasteiger partial charge in [0.2, 0.25) is 0 Å². The highest BCUT2D eigenvalue weighted by molar-refractivity contribution is 5.06. The molecule has 0 spiro atoms. The maximum atomic E-state index is 12.8. The summed E-state index contributed by atoms with van der Waals surface area (Å²) >= 11 is 0. The number of nitrogens with zero attached hydrogens (tertiary/aromatic N) is 2. The van der Waals surface area contributed by atoms with Gasteiger partial charge in [0, 0.05) is 25.5 Å². The van der Waals surface area contributed by atoms with Gasteiger partial charge in [0.15, 0.2) is 5.60 Å². The monoisotopic (exact) mass is 290 g/mol. The minimum Gasteiger partial charge on any atom is -0.380 e. The van der Waals surface area contributed by atoms with Gasteiger partial charge in [-0.05, 0) is 50.9 Å². The fourth-order valence-corrected chi connectivity index (χ4v) is 2.77. The van der Waals surface area contributed by atoms with Crippen molar-refractivity contribution in [2.75, 3.05) is 13.1 Å². The minimum absolute atomic E-state index is 0.372. The second kappa shape index (κ2) is 5.41. The number of alkyl halides is 3. The van der Waals surface area contributed by atoms with Crippen LogP contribution in [-0.4, -0.2) is 39.4 Å². The number of hydrogen-bond acceptors (Lipinski definition) is 2. The number of hydrogen-bond donors (Lipinski definition) is 1. The van der Waals surface area contributed by atoms with Crippen molar-refractivity contribution in [1.82, 2.24) is 9.47 Å². The zero-order valence-corrected chi connectivity index (χ0v) is 11.8. The van der Waals surface area contributed by atoms with Gasteiger partial charge in [0.05, 0.1) is 0 Å². The first-order valence-electron chi connectivity index (χ1n) is 6.83. The Morgan fingerprint density at radius 3 is 2.35 bits per heavy atom. The van der Waals surface area contributed by atoms with E-state index in [0.717, 1.165) is 19.2 Å². The van der Waals surface area contributed by atoms with Crippen molar-refractivity contribution in [3.05, 3.63) is 24.0 Å². The molecule has 3 nitrogen and oxygen atoms in total. The lowest BCUT2D eigenvalue weighted by molar-refractivity contribution is -0.275. The van der Waals surface area contributed by atoms with Crippen LogP contribution in [0.1, 0.15) is 25.5 Å². The molecule has 2 rings (SSSR count). The lowest BCUT2D eigenvalue weighted by Crippen LogP contribution is -2.52. The van der Waals surface area contributed by atoms with Crippen LogP contribution in [-0.2, 0) is 13.6 Å². The summed E-state index contributed by atoms with van der Waals surface area (Å²) in [5.41, 5.74) is -1.43. The Bertz CT molecular complexity index is 446. The van der Waals surface area contributed by atoms with Gasteiger partial charge >= 0.3 is 6.18 Å². The van der Waals surface area contributed by atoms with Gasteiger partial charge in [0.1, 0.15) is 0 Å². The van der Waals surface area contributed by atoms with Crippen LogP contribution in [0.25, 0.3) is 0 Å². The smallest absolute Gasteiger partial charge is 0.380 e. The Kier molecular flexibility index (Phi) is 4.16. The molecular weight excluding hydrogens is 269 g/mol. The molecule has 1 atom stereocenters. The van der Waals surface area contributed by atoms with E-state index < -0.39 is 17.7 Å². The predicted octanol–water partition coefficient (Wildman–Crippen LogP) is 2.55. The largest absolute Gasteiger partial charge is 0.417 e. The summed E-state index contributed by atoms with van der Waals surface area (Å²) in [6, 6.07) is 3.97. The molecule has 1 aliphatic rings. The van der Waals surface area contributed by atoms with Crippen molar-refractivity contribution in [2.45, 2.75) is 38.1 Å². The van der Waals surface area contributed by atoms with Crippen LogP contribution in [0.15, 0.2) is 18.3 Å². The van der Waals surface area contributed by atoms with E-state index in [1.807, 2.05) is 29.9 Å². The molecule has 0 saturated carbocycles. The normalized spacial score (nSPS) is 21.9. The molecule has 1 N–H and O–H groups in total. The van der Waals surface area contributed by atoms with E-state index in [2.05, 4.69) is 4.90 Å². The third-order valence-electron chi connectivity index (χ3n) is 4.39. The standard InChI is InChI=1S/C14H21F3N2O/c1-13(20,14(15,16)17)11-5-8-19(9-6-11)10-12-4-3-7-18(12)2/h3-4,7,11,20H,5-6,8-10H2,1-2H3. The molecule has 0 aliphatic carbocycles. The molecule has 1 aromatic rings. The molecular formula is C14H21F3N2O. The molecule has 114 valence electrons. The van der Waals surface area contributed by atoms with E-state index >= 15 is 0 Å². The van der Waals surface area contributed by atoms with Gasteiger partial charge in [-0.1, -0.05) is 0 Å². The van der Waals surface area contributed by atoms with E-state index in [9.17, 15) is 18.3 Å². The highest BCUT2D eigenvalue weighted by Gasteiger charge is 2.54. The summed E-state index contributed by atoms with van der Waals surface area (Å²) < 4.78 is 40.4. The maximum absolute atomic E-state index is 12.8. The lowest BCUT2D eigenvalue weighted by atomic mass is 9.81. The van der Waals surface area contributed by atoms with E-state index in [1.54, 1.807) is 0 Å². The molecule has 2 heterocycles. The van der Waals surface area contributed by atoms with E-state index in [0.29, 0.717) is 25.9 Å². The third-order valence-corrected chi connectivity index (χ3v) is 4.39. The topological polar surface area (TPSA) is 28.4 Å². The molecule has 1 aliphatic heterocycles. The number of piperidine rings is 1. The van der Waals surface area contributed by atoms with Gasteiger partial charge in [0.25, 0.3) is 0 Å². The lowest BCUT2D eigenvalue weighted by Gasteiger charge is -2.40. The predicted molar refractivity (Wildman–Crippen MR) is 70.1 cm³/mol. The van der Waals surface area contributed by atoms with Crippen molar-refractivity contribution >= 4 is 0 Å². The summed E-state index contributed by atoms with van der Waals surface area (Å²) in [5.74, 6) is -0.716. The molecule has 6 heteroatoms. The summed E-state index contributed by atoms with van der Waals surface area (Å²) in [7, 11) is 1.95. The van der Waals surface area contributed by atoms with Crippen LogP contribution in [0.3, 0.4) is 0 Å². The molecule has 1 fully saturated rings. The van der Waals surface area contributed by atoms with Gasteiger partial charge in [-0.15, -0.1) is 0 Å². The van der Waals surface area contributed by atoms with Gasteiger partial charge in [-0.2, -0.15) is 13.2 Å². The number of aromatic nitrogens is 1. The molecule has 1 saturated heterocycles. The highest BCUT2D eigenvalue weighted by atomic mass is 19.4. The van der Waals surface area contributed by atoms with Crippen molar-refractivity contribution < 1.29 is 18.3 Å². The summed E-state index contributed by atoms with van der Waals surface area (Å²) in [6.07, 6.45) is -1.86. The maximum Gasteiger partial charge on any atom is 0.417 e. The van der Waals surface area contributed by atoms with Crippen LogP contribution in [0.5, 0.6) is 0 Å². The molecule has 0 radical (unpaired) electrons. The molecule has 1 aromatic heterocycles. The van der Waals surface area contributed by atoms with Crippen LogP contribution in [0, 0.1) is 5.92 Å². The number of aryl methyl sites for hydroxylation is 1. The SMILES string of the molecule is Cn1cccc1CN1CCC(C(C)(O)C(F)(F)F)CC1. The fourth-order valence-electron chi connectivity index (χ4n) is 2.77. The van der Waals surface area contributed by atoms with Crippen molar-refractivity contribution in [3.8, 4) is 0 Å². The Hall–Kier alpha value is -1.01. The van der Waals surface area contributed by atoms with Crippen LogP contribution in [0.4, 0.5) is 13.2 Å². The Balaban J connectivity index is 1.91. The number of likely N-dealkylation sites (tertiary alicyclic amines) is 1. The van der Waals surface area contributed by atoms with Crippen molar-refractivity contribution in [3.63, 3.8) is 0 Å². The van der Waals surface area contributed by atoms with E-state index in [1.165, 1.54) is 0 Å². The second-order valence-electron chi connectivity index (χ2n) is 5.81. The average molecular weight is 290 g/mol. The Morgan fingerprint density at radius 1 is 1.30 bits per heavy atom. The first-order valence-corrected chi connectivity index (χ1v) is 6.83. The highest BCUT2D eigenvalue weighted by Crippen LogP contribution is 2.40. The Labute approximate surface area is 117 Å². The molecule has 0 aromatic carbocycles. The van der Waals surface area contributed by atoms with Gasteiger partial charge in [-0.3, -0.25) is 4.90 Å². The molecule has 0 bridgehead atoms. The molecule has 1 unspecified atom stereocenters. The second-order valence-corrected chi connectivity index (χ2v) is 5.81. The van der Waals surface area contributed by atoms with Crippen LogP contribution in [0.2, 0.25) is 0 Å². The zero-order valence-electron chi connectivity index (χ0n) is 11.8. The number of aliphatic hydroxyl groups is 1. The zero-order chi connectivity index (χ0) is 15.0. The van der Waals surface area contributed by atoms with E-state index in [-0.39, 0.29) is 0 Å². The summed E-state index contributed by atoms with van der Waals surface area (Å²) in [6.45, 7) is 2.80. The Morgan fingerprint density at radius 2 is 1.90 bits per heavy atom. The summed E-state index contributed by atoms with van der Waals surface area (Å²) in [4.78, 5) is 2.14. The van der Waals surface area contributed by atoms with Gasteiger partial charge in [-0.25, -0.2) is 0 Å². The van der Waals surface area contributed by atoms with Crippen molar-refractivity contribution in [2.24, 2.45) is 13.0 Å².